The van der Waals surface area contributed by atoms with Crippen molar-refractivity contribution >= 4 is 0 Å². The van der Waals surface area contributed by atoms with E-state index in [1.54, 1.807) is 6.20 Å². The molecule has 0 saturated heterocycles. The number of hydrogen-bond acceptors (Lipinski definition) is 2. The number of benzene rings is 4. The molecule has 2 heterocycles. The summed E-state index contributed by atoms with van der Waals surface area (Å²) >= 11 is 0. The Morgan fingerprint density at radius 1 is 0.575 bits per heavy atom. The Kier molecular flexibility index (Phi) is 8.16. The number of nitrogens with zero attached hydrogens (tertiary/aromatic N) is 2. The molecule has 1 aliphatic carbocycles. The predicted octanol–water partition coefficient (Wildman–Crippen LogP) is 9.07. The van der Waals surface area contributed by atoms with Crippen LogP contribution in [0.15, 0.2) is 134 Å². The summed E-state index contributed by atoms with van der Waals surface area (Å²) in [5, 5.41) is 0. The Bertz CT molecular complexity index is 1660. The fourth-order valence-electron chi connectivity index (χ4n) is 5.43. The van der Waals surface area contributed by atoms with E-state index in [0.29, 0.717) is 0 Å². The number of fused-ring (bicyclic) bond motifs is 3. The third-order valence-electron chi connectivity index (χ3n) is 7.28. The van der Waals surface area contributed by atoms with Crippen LogP contribution in [0.2, 0.25) is 0 Å². The molecule has 0 bridgehead atoms. The molecule has 1 aliphatic rings. The zero-order chi connectivity index (χ0) is 26.7. The topological polar surface area (TPSA) is 25.8 Å². The van der Waals surface area contributed by atoms with E-state index in [0.717, 1.165) is 22.5 Å². The first-order valence-corrected chi connectivity index (χ1v) is 13.2. The molecule has 2 aromatic heterocycles. The van der Waals surface area contributed by atoms with Crippen molar-refractivity contribution in [3.63, 3.8) is 0 Å². The van der Waals surface area contributed by atoms with E-state index >= 15 is 0 Å². The second-order valence-electron chi connectivity index (χ2n) is 10.1. The van der Waals surface area contributed by atoms with Gasteiger partial charge in [0.15, 0.2) is 0 Å². The van der Waals surface area contributed by atoms with Crippen molar-refractivity contribution in [2.45, 2.75) is 19.3 Å². The molecule has 6 aromatic rings. The summed E-state index contributed by atoms with van der Waals surface area (Å²) in [6.45, 7) is 4.58. The third-order valence-corrected chi connectivity index (χ3v) is 7.28. The van der Waals surface area contributed by atoms with Gasteiger partial charge in [-0.25, -0.2) is 0 Å². The van der Waals surface area contributed by atoms with E-state index < -0.39 is 0 Å². The molecule has 0 aliphatic heterocycles. The number of aromatic nitrogens is 2. The molecule has 3 heteroatoms. The minimum absolute atomic E-state index is 0. The Balaban J connectivity index is 0.000000159. The van der Waals surface area contributed by atoms with Gasteiger partial charge in [0.2, 0.25) is 0 Å². The summed E-state index contributed by atoms with van der Waals surface area (Å²) in [6, 6.07) is 48.0. The third kappa shape index (κ3) is 5.31. The minimum Gasteiger partial charge on any atom is -0.305 e. The van der Waals surface area contributed by atoms with Crippen LogP contribution >= 0.6 is 0 Å². The first-order valence-electron chi connectivity index (χ1n) is 13.2. The molecular weight excluding hydrogens is 665 g/mol. The SMILES string of the molecule is CC1(C)c2ccccc2-c2cc[c-]c(-c3ccccn3)c21.[Ir].[c-]1ccc(-c2ccccc2)cc1-c1ccccn1. The second-order valence-corrected chi connectivity index (χ2v) is 10.1. The fourth-order valence-corrected chi connectivity index (χ4v) is 5.43. The summed E-state index contributed by atoms with van der Waals surface area (Å²) in [6.07, 6.45) is 3.65. The molecule has 0 saturated carbocycles. The molecular formula is C37H28IrN2-2. The van der Waals surface area contributed by atoms with Crippen LogP contribution in [0.25, 0.3) is 44.8 Å². The number of pyridine rings is 2. The number of hydrogen-bond donors (Lipinski definition) is 0. The molecule has 0 unspecified atom stereocenters. The molecule has 0 spiro atoms. The van der Waals surface area contributed by atoms with Crippen molar-refractivity contribution in [2.75, 3.05) is 0 Å². The van der Waals surface area contributed by atoms with Crippen molar-refractivity contribution in [1.29, 1.82) is 0 Å². The monoisotopic (exact) mass is 693 g/mol. The van der Waals surface area contributed by atoms with Crippen molar-refractivity contribution in [3.05, 3.63) is 157 Å². The molecule has 0 fully saturated rings. The van der Waals surface area contributed by atoms with Crippen LogP contribution in [0.1, 0.15) is 25.0 Å². The van der Waals surface area contributed by atoms with Crippen molar-refractivity contribution in [2.24, 2.45) is 0 Å². The maximum Gasteiger partial charge on any atom is 0.0160 e. The standard InChI is InChI=1S/C20H16N.C17H12N.Ir/c1-20(2)17-11-4-3-8-14(17)15-9-7-10-16(19(15)20)18-12-5-6-13-21-18;1-2-7-14(8-3-1)15-9-6-10-16(13-15)17-11-4-5-12-18-17;/h3-9,11-13H,1-2H3;1-9,11-13H;/q2*-1;. The smallest absolute Gasteiger partial charge is 0.0160 e. The van der Waals surface area contributed by atoms with E-state index in [1.807, 2.05) is 66.9 Å². The molecule has 197 valence electrons. The van der Waals surface area contributed by atoms with E-state index in [2.05, 4.69) is 96.6 Å². The average Bonchev–Trinajstić information content (AvgIpc) is 3.26. The van der Waals surface area contributed by atoms with Crippen LogP contribution in [0, 0.1) is 12.1 Å². The summed E-state index contributed by atoms with van der Waals surface area (Å²) < 4.78 is 0. The Morgan fingerprint density at radius 2 is 1.23 bits per heavy atom. The summed E-state index contributed by atoms with van der Waals surface area (Å²) in [5.74, 6) is 0. The van der Waals surface area contributed by atoms with E-state index in [4.69, 9.17) is 0 Å². The van der Waals surface area contributed by atoms with Crippen molar-refractivity contribution in [1.82, 2.24) is 9.97 Å². The van der Waals surface area contributed by atoms with Crippen LogP contribution in [0.4, 0.5) is 0 Å². The summed E-state index contributed by atoms with van der Waals surface area (Å²) in [7, 11) is 0. The normalized spacial score (nSPS) is 12.2. The molecule has 7 rings (SSSR count). The van der Waals surface area contributed by atoms with Crippen molar-refractivity contribution in [3.8, 4) is 44.8 Å². The first kappa shape index (κ1) is 27.4. The van der Waals surface area contributed by atoms with E-state index in [1.165, 1.54) is 33.4 Å². The van der Waals surface area contributed by atoms with Crippen LogP contribution in [-0.2, 0) is 25.5 Å². The van der Waals surface area contributed by atoms with Gasteiger partial charge in [-0.2, -0.15) is 0 Å². The van der Waals surface area contributed by atoms with Gasteiger partial charge >= 0.3 is 0 Å². The quantitative estimate of drug-likeness (QED) is 0.173. The summed E-state index contributed by atoms with van der Waals surface area (Å²) in [5.41, 5.74) is 11.9. The molecule has 4 aromatic carbocycles. The van der Waals surface area contributed by atoms with Gasteiger partial charge in [-0.1, -0.05) is 98.3 Å². The molecule has 2 nitrogen and oxygen atoms in total. The van der Waals surface area contributed by atoms with Gasteiger partial charge in [0.1, 0.15) is 0 Å². The predicted molar refractivity (Wildman–Crippen MR) is 160 cm³/mol. The molecule has 1 radical (unpaired) electrons. The van der Waals surface area contributed by atoms with Gasteiger partial charge < -0.3 is 9.97 Å². The van der Waals surface area contributed by atoms with Gasteiger partial charge in [-0.05, 0) is 45.6 Å². The van der Waals surface area contributed by atoms with E-state index in [9.17, 15) is 0 Å². The van der Waals surface area contributed by atoms with Gasteiger partial charge in [0.25, 0.3) is 0 Å². The van der Waals surface area contributed by atoms with Crippen molar-refractivity contribution < 1.29 is 20.1 Å². The summed E-state index contributed by atoms with van der Waals surface area (Å²) in [4.78, 5) is 8.88. The van der Waals surface area contributed by atoms with Crippen LogP contribution < -0.4 is 0 Å². The maximum absolute atomic E-state index is 4.52. The fraction of sp³-hybridized carbons (Fsp3) is 0.0811. The van der Waals surface area contributed by atoms with Gasteiger partial charge in [-0.15, -0.1) is 64.7 Å². The Hall–Kier alpha value is -4.17. The molecule has 0 N–H and O–H groups in total. The van der Waals surface area contributed by atoms with Gasteiger partial charge in [0.05, 0.1) is 0 Å². The Morgan fingerprint density at radius 3 is 1.95 bits per heavy atom. The average molecular weight is 693 g/mol. The molecule has 0 atom stereocenters. The largest absolute Gasteiger partial charge is 0.305 e. The maximum atomic E-state index is 4.52. The molecule has 0 amide bonds. The minimum atomic E-state index is -0.0173. The van der Waals surface area contributed by atoms with Crippen LogP contribution in [0.3, 0.4) is 0 Å². The zero-order valence-corrected chi connectivity index (χ0v) is 24.8. The van der Waals surface area contributed by atoms with E-state index in [-0.39, 0.29) is 25.5 Å². The van der Waals surface area contributed by atoms with Crippen LogP contribution in [0.5, 0.6) is 0 Å². The van der Waals surface area contributed by atoms with Gasteiger partial charge in [0, 0.05) is 32.5 Å². The van der Waals surface area contributed by atoms with Crippen LogP contribution in [-0.4, -0.2) is 9.97 Å². The van der Waals surface area contributed by atoms with Gasteiger partial charge in [-0.3, -0.25) is 0 Å². The zero-order valence-electron chi connectivity index (χ0n) is 22.4. The number of rotatable bonds is 3. The second kappa shape index (κ2) is 11.9. The molecule has 40 heavy (non-hydrogen) atoms. The first-order chi connectivity index (χ1) is 19.1. The Labute approximate surface area is 250 Å².